The van der Waals surface area contributed by atoms with E-state index in [0.717, 1.165) is 5.56 Å². The van der Waals surface area contributed by atoms with Gasteiger partial charge in [0, 0.05) is 20.6 Å². The van der Waals surface area contributed by atoms with E-state index in [9.17, 15) is 9.18 Å². The zero-order valence-corrected chi connectivity index (χ0v) is 17.3. The Balaban J connectivity index is 0.00000576. The number of carbonyl (C=O) groups is 1. The second kappa shape index (κ2) is 11.7. The molecule has 0 heterocycles. The van der Waals surface area contributed by atoms with Crippen molar-refractivity contribution in [3.8, 4) is 5.75 Å². The Morgan fingerprint density at radius 3 is 2.68 bits per heavy atom. The monoisotopic (exact) mass is 464 g/mol. The molecule has 0 spiro atoms. The second-order valence-corrected chi connectivity index (χ2v) is 5.38. The lowest BCUT2D eigenvalue weighted by Gasteiger charge is -2.19. The maximum atomic E-state index is 13.8. The average molecular weight is 464 g/mol. The van der Waals surface area contributed by atoms with Gasteiger partial charge in [-0.15, -0.1) is 30.6 Å². The normalized spacial score (nSPS) is 11.8. The highest BCUT2D eigenvalue weighted by atomic mass is 127. The Morgan fingerprint density at radius 2 is 2.16 bits per heavy atom. The number of hydrogen-bond donors (Lipinski definition) is 2. The number of hydrogen-bond acceptors (Lipinski definition) is 3. The molecule has 140 valence electrons. The van der Waals surface area contributed by atoms with Gasteiger partial charge in [0.05, 0.1) is 13.2 Å². The minimum absolute atomic E-state index is 0. The molecule has 0 aliphatic carbocycles. The van der Waals surface area contributed by atoms with Gasteiger partial charge in [-0.25, -0.2) is 9.38 Å². The molecule has 0 bridgehead atoms. The first-order valence-corrected chi connectivity index (χ1v) is 7.58. The van der Waals surface area contributed by atoms with E-state index in [1.54, 1.807) is 32.3 Å². The van der Waals surface area contributed by atoms with E-state index in [2.05, 4.69) is 22.2 Å². The molecule has 0 saturated heterocycles. The number of aliphatic imine (C=N–C) groups is 1. The summed E-state index contributed by atoms with van der Waals surface area (Å²) in [7, 11) is 4.77. The van der Waals surface area contributed by atoms with Gasteiger partial charge >= 0.3 is 0 Å². The van der Waals surface area contributed by atoms with Gasteiger partial charge < -0.3 is 20.3 Å². The highest BCUT2D eigenvalue weighted by molar-refractivity contribution is 14.0. The number of halogens is 2. The maximum Gasteiger partial charge on any atom is 0.243 e. The van der Waals surface area contributed by atoms with Crippen LogP contribution in [0.1, 0.15) is 18.5 Å². The van der Waals surface area contributed by atoms with Crippen molar-refractivity contribution in [3.05, 3.63) is 42.2 Å². The summed E-state index contributed by atoms with van der Waals surface area (Å²) in [5.41, 5.74) is 0.736. The van der Waals surface area contributed by atoms with Crippen LogP contribution in [-0.2, 0) is 4.79 Å². The van der Waals surface area contributed by atoms with E-state index < -0.39 is 5.82 Å². The van der Waals surface area contributed by atoms with E-state index in [1.165, 1.54) is 18.1 Å². The molecule has 2 N–H and O–H groups in total. The number of nitrogens with zero attached hydrogens (tertiary/aromatic N) is 2. The number of methoxy groups -OCH3 is 1. The van der Waals surface area contributed by atoms with Gasteiger partial charge in [-0.1, -0.05) is 12.1 Å². The summed E-state index contributed by atoms with van der Waals surface area (Å²) < 4.78 is 18.7. The van der Waals surface area contributed by atoms with Crippen LogP contribution in [-0.4, -0.2) is 51.1 Å². The topological polar surface area (TPSA) is 66.0 Å². The third-order valence-corrected chi connectivity index (χ3v) is 3.31. The van der Waals surface area contributed by atoms with Crippen LogP contribution in [0.5, 0.6) is 5.75 Å². The SMILES string of the molecule is C=CCNC(=NCC(=O)N(C)C)NC(C)c1ccc(OC)c(F)c1.I. The Kier molecular flexibility index (Phi) is 10.8. The number of rotatable bonds is 7. The Bertz CT molecular complexity index is 608. The van der Waals surface area contributed by atoms with Crippen molar-refractivity contribution in [2.24, 2.45) is 4.99 Å². The predicted octanol–water partition coefficient (Wildman–Crippen LogP) is 2.32. The minimum Gasteiger partial charge on any atom is -0.494 e. The quantitative estimate of drug-likeness (QED) is 0.282. The summed E-state index contributed by atoms with van der Waals surface area (Å²) in [6, 6.07) is 4.55. The number of guanidine groups is 1. The fourth-order valence-electron chi connectivity index (χ4n) is 1.85. The molecule has 0 saturated carbocycles. The molecule has 25 heavy (non-hydrogen) atoms. The molecule has 1 aromatic rings. The van der Waals surface area contributed by atoms with Crippen molar-refractivity contribution in [2.75, 3.05) is 34.3 Å². The van der Waals surface area contributed by atoms with Gasteiger partial charge in [-0.3, -0.25) is 4.79 Å². The average Bonchev–Trinajstić information content (AvgIpc) is 2.56. The molecule has 0 fully saturated rings. The number of amides is 1. The van der Waals surface area contributed by atoms with E-state index >= 15 is 0 Å². The number of carbonyl (C=O) groups excluding carboxylic acids is 1. The second-order valence-electron chi connectivity index (χ2n) is 5.38. The molecule has 0 aliphatic heterocycles. The van der Waals surface area contributed by atoms with Crippen molar-refractivity contribution in [3.63, 3.8) is 0 Å². The van der Waals surface area contributed by atoms with Crippen LogP contribution in [0.4, 0.5) is 4.39 Å². The highest BCUT2D eigenvalue weighted by Crippen LogP contribution is 2.21. The molecule has 0 aliphatic rings. The molecular formula is C17H26FIN4O2. The van der Waals surface area contributed by atoms with Crippen LogP contribution in [0.2, 0.25) is 0 Å². The summed E-state index contributed by atoms with van der Waals surface area (Å²) in [5, 5.41) is 6.17. The van der Waals surface area contributed by atoms with E-state index in [4.69, 9.17) is 4.74 Å². The Labute approximate surface area is 165 Å². The van der Waals surface area contributed by atoms with Crippen LogP contribution < -0.4 is 15.4 Å². The van der Waals surface area contributed by atoms with Crippen LogP contribution in [0, 0.1) is 5.82 Å². The molecule has 0 radical (unpaired) electrons. The lowest BCUT2D eigenvalue weighted by atomic mass is 10.1. The summed E-state index contributed by atoms with van der Waals surface area (Å²) in [4.78, 5) is 17.4. The first-order valence-electron chi connectivity index (χ1n) is 7.58. The lowest BCUT2D eigenvalue weighted by molar-refractivity contribution is -0.127. The Morgan fingerprint density at radius 1 is 1.48 bits per heavy atom. The first-order chi connectivity index (χ1) is 11.4. The maximum absolute atomic E-state index is 13.8. The van der Waals surface area contributed by atoms with Gasteiger partial charge in [0.2, 0.25) is 5.91 Å². The van der Waals surface area contributed by atoms with Crippen LogP contribution in [0.25, 0.3) is 0 Å². The van der Waals surface area contributed by atoms with Crippen molar-refractivity contribution in [1.82, 2.24) is 15.5 Å². The zero-order chi connectivity index (χ0) is 18.1. The number of ether oxygens (including phenoxy) is 1. The van der Waals surface area contributed by atoms with Gasteiger partial charge in [-0.2, -0.15) is 0 Å². The molecule has 1 unspecified atom stereocenters. The van der Waals surface area contributed by atoms with Gasteiger partial charge in [0.1, 0.15) is 6.54 Å². The first kappa shape index (κ1) is 23.2. The smallest absolute Gasteiger partial charge is 0.243 e. The summed E-state index contributed by atoms with van der Waals surface area (Å²) in [6.07, 6.45) is 1.68. The predicted molar refractivity (Wildman–Crippen MR) is 109 cm³/mol. The third-order valence-electron chi connectivity index (χ3n) is 3.31. The third kappa shape index (κ3) is 7.72. The van der Waals surface area contributed by atoms with E-state index in [1.807, 2.05) is 6.92 Å². The molecule has 1 rings (SSSR count). The molecule has 0 aromatic heterocycles. The number of benzene rings is 1. The largest absolute Gasteiger partial charge is 0.494 e. The van der Waals surface area contributed by atoms with Crippen LogP contribution >= 0.6 is 24.0 Å². The highest BCUT2D eigenvalue weighted by Gasteiger charge is 2.12. The van der Waals surface area contributed by atoms with Crippen LogP contribution in [0.15, 0.2) is 35.8 Å². The number of likely N-dealkylation sites (N-methyl/N-ethyl adjacent to an activating group) is 1. The molecular weight excluding hydrogens is 438 g/mol. The molecule has 8 heteroatoms. The lowest BCUT2D eigenvalue weighted by Crippen LogP contribution is -2.39. The minimum atomic E-state index is -0.427. The van der Waals surface area contributed by atoms with Crippen LogP contribution in [0.3, 0.4) is 0 Å². The molecule has 6 nitrogen and oxygen atoms in total. The fourth-order valence-corrected chi connectivity index (χ4v) is 1.85. The number of nitrogens with one attached hydrogen (secondary N) is 2. The van der Waals surface area contributed by atoms with Crippen molar-refractivity contribution in [2.45, 2.75) is 13.0 Å². The van der Waals surface area contributed by atoms with Gasteiger partial charge in [0.25, 0.3) is 0 Å². The van der Waals surface area contributed by atoms with Crippen molar-refractivity contribution < 1.29 is 13.9 Å². The summed E-state index contributed by atoms with van der Waals surface area (Å²) >= 11 is 0. The van der Waals surface area contributed by atoms with Gasteiger partial charge in [-0.05, 0) is 24.6 Å². The van der Waals surface area contributed by atoms with Crippen molar-refractivity contribution in [1.29, 1.82) is 0 Å². The summed E-state index contributed by atoms with van der Waals surface area (Å²) in [5.74, 6) is 0.108. The zero-order valence-electron chi connectivity index (χ0n) is 15.0. The molecule has 1 amide bonds. The van der Waals surface area contributed by atoms with Gasteiger partial charge in [0.15, 0.2) is 17.5 Å². The van der Waals surface area contributed by atoms with Crippen molar-refractivity contribution >= 4 is 35.8 Å². The molecule has 1 atom stereocenters. The van der Waals surface area contributed by atoms with E-state index in [-0.39, 0.29) is 48.2 Å². The fraction of sp³-hybridized carbons (Fsp3) is 0.412. The Hall–Kier alpha value is -1.84. The molecule has 1 aromatic carbocycles. The van der Waals surface area contributed by atoms with E-state index in [0.29, 0.717) is 12.5 Å². The standard InChI is InChI=1S/C17H25FN4O2.HI/c1-6-9-19-17(20-11-16(23)22(3)4)21-12(2)13-7-8-15(24-5)14(18)10-13;/h6-8,10,12H,1,9,11H2,2-5H3,(H2,19,20,21);1H. The summed E-state index contributed by atoms with van der Waals surface area (Å²) in [6.45, 7) is 6.02.